The molecule has 3 heteroatoms. The average Bonchev–Trinajstić information content (AvgIpc) is 3.11. The van der Waals surface area contributed by atoms with Crippen molar-refractivity contribution in [2.45, 2.75) is 57.0 Å². The first-order chi connectivity index (χ1) is 7.72. The standard InChI is InChI=1S/C13H22N2O/c1-13(10-14,15-12-5-6-12)7-2-8-16-9-11-3-4-11/h11-12,15H,2-9H2,1H3. The molecule has 1 N–H and O–H groups in total. The molecule has 2 rings (SSSR count). The highest BCUT2D eigenvalue weighted by molar-refractivity contribution is 5.06. The third-order valence-electron chi connectivity index (χ3n) is 3.36. The Bertz CT molecular complexity index is 266. The van der Waals surface area contributed by atoms with E-state index in [1.807, 2.05) is 6.92 Å². The van der Waals surface area contributed by atoms with Gasteiger partial charge in [-0.2, -0.15) is 5.26 Å². The Labute approximate surface area is 98.2 Å². The fraction of sp³-hybridized carbons (Fsp3) is 0.923. The van der Waals surface area contributed by atoms with E-state index in [0.29, 0.717) is 6.04 Å². The normalized spacial score (nSPS) is 23.8. The van der Waals surface area contributed by atoms with Gasteiger partial charge >= 0.3 is 0 Å². The van der Waals surface area contributed by atoms with Crippen molar-refractivity contribution in [2.75, 3.05) is 13.2 Å². The summed E-state index contributed by atoms with van der Waals surface area (Å²) < 4.78 is 5.58. The van der Waals surface area contributed by atoms with E-state index in [-0.39, 0.29) is 5.54 Å². The van der Waals surface area contributed by atoms with Crippen LogP contribution in [0, 0.1) is 17.2 Å². The lowest BCUT2D eigenvalue weighted by molar-refractivity contribution is 0.117. The van der Waals surface area contributed by atoms with Gasteiger partial charge < -0.3 is 4.74 Å². The summed E-state index contributed by atoms with van der Waals surface area (Å²) in [5.74, 6) is 0.840. The van der Waals surface area contributed by atoms with E-state index in [2.05, 4.69) is 11.4 Å². The number of hydrogen-bond donors (Lipinski definition) is 1. The van der Waals surface area contributed by atoms with E-state index < -0.39 is 0 Å². The molecule has 0 radical (unpaired) electrons. The Morgan fingerprint density at radius 2 is 2.12 bits per heavy atom. The van der Waals surface area contributed by atoms with E-state index in [1.165, 1.54) is 25.7 Å². The van der Waals surface area contributed by atoms with E-state index in [1.54, 1.807) is 0 Å². The lowest BCUT2D eigenvalue weighted by atomic mass is 9.98. The number of hydrogen-bond acceptors (Lipinski definition) is 3. The molecule has 3 nitrogen and oxygen atoms in total. The molecular weight excluding hydrogens is 200 g/mol. The Kier molecular flexibility index (Phi) is 3.83. The van der Waals surface area contributed by atoms with Gasteiger partial charge in [0.1, 0.15) is 5.54 Å². The third kappa shape index (κ3) is 4.11. The lowest BCUT2D eigenvalue weighted by Gasteiger charge is -2.23. The Hall–Kier alpha value is -0.590. The van der Waals surface area contributed by atoms with Gasteiger partial charge in [0, 0.05) is 19.3 Å². The summed E-state index contributed by atoms with van der Waals surface area (Å²) in [7, 11) is 0. The highest BCUT2D eigenvalue weighted by Crippen LogP contribution is 2.29. The predicted molar refractivity (Wildman–Crippen MR) is 63.0 cm³/mol. The molecule has 0 heterocycles. The minimum atomic E-state index is -0.343. The zero-order valence-corrected chi connectivity index (χ0v) is 10.2. The van der Waals surface area contributed by atoms with Crippen molar-refractivity contribution in [1.82, 2.24) is 5.32 Å². The fourth-order valence-corrected chi connectivity index (χ4v) is 1.90. The molecule has 0 aromatic carbocycles. The van der Waals surface area contributed by atoms with E-state index in [0.717, 1.165) is 32.0 Å². The number of nitrogens with one attached hydrogen (secondary N) is 1. The van der Waals surface area contributed by atoms with Crippen molar-refractivity contribution in [1.29, 1.82) is 5.26 Å². The maximum absolute atomic E-state index is 9.16. The predicted octanol–water partition coefficient (Wildman–Crippen LogP) is 2.23. The fourth-order valence-electron chi connectivity index (χ4n) is 1.90. The summed E-state index contributed by atoms with van der Waals surface area (Å²) in [6.45, 7) is 3.74. The highest BCUT2D eigenvalue weighted by atomic mass is 16.5. The third-order valence-corrected chi connectivity index (χ3v) is 3.36. The van der Waals surface area contributed by atoms with Crippen molar-refractivity contribution in [2.24, 2.45) is 5.92 Å². The molecule has 0 aromatic heterocycles. The van der Waals surface area contributed by atoms with Crippen molar-refractivity contribution >= 4 is 0 Å². The van der Waals surface area contributed by atoms with Crippen LogP contribution >= 0.6 is 0 Å². The maximum atomic E-state index is 9.16. The van der Waals surface area contributed by atoms with Crippen LogP contribution in [0.4, 0.5) is 0 Å². The van der Waals surface area contributed by atoms with Gasteiger partial charge in [-0.05, 0) is 51.4 Å². The molecule has 2 aliphatic carbocycles. The molecule has 16 heavy (non-hydrogen) atoms. The van der Waals surface area contributed by atoms with Gasteiger partial charge in [-0.1, -0.05) is 0 Å². The van der Waals surface area contributed by atoms with Gasteiger partial charge in [0.2, 0.25) is 0 Å². The minimum Gasteiger partial charge on any atom is -0.381 e. The van der Waals surface area contributed by atoms with Crippen LogP contribution in [0.25, 0.3) is 0 Å². The van der Waals surface area contributed by atoms with Gasteiger partial charge in [0.15, 0.2) is 0 Å². The molecule has 90 valence electrons. The number of nitriles is 1. The van der Waals surface area contributed by atoms with Crippen LogP contribution in [0.2, 0.25) is 0 Å². The molecule has 1 atom stereocenters. The van der Waals surface area contributed by atoms with E-state index in [4.69, 9.17) is 10.00 Å². The van der Waals surface area contributed by atoms with Crippen molar-refractivity contribution < 1.29 is 4.74 Å². The number of ether oxygens (including phenoxy) is 1. The van der Waals surface area contributed by atoms with Crippen molar-refractivity contribution in [3.8, 4) is 6.07 Å². The van der Waals surface area contributed by atoms with Gasteiger partial charge in [0.05, 0.1) is 6.07 Å². The highest BCUT2D eigenvalue weighted by Gasteiger charge is 2.32. The van der Waals surface area contributed by atoms with Gasteiger partial charge in [-0.3, -0.25) is 5.32 Å². The summed E-state index contributed by atoms with van der Waals surface area (Å²) in [4.78, 5) is 0. The molecule has 2 fully saturated rings. The van der Waals surface area contributed by atoms with Crippen LogP contribution in [0.3, 0.4) is 0 Å². The van der Waals surface area contributed by atoms with Crippen LogP contribution < -0.4 is 5.32 Å². The molecule has 0 aliphatic heterocycles. The second-order valence-electron chi connectivity index (χ2n) is 5.48. The monoisotopic (exact) mass is 222 g/mol. The van der Waals surface area contributed by atoms with Crippen LogP contribution in [0.5, 0.6) is 0 Å². The zero-order valence-electron chi connectivity index (χ0n) is 10.2. The smallest absolute Gasteiger partial charge is 0.104 e. The number of nitrogens with zero attached hydrogens (tertiary/aromatic N) is 1. The topological polar surface area (TPSA) is 45.0 Å². The van der Waals surface area contributed by atoms with Gasteiger partial charge in [0.25, 0.3) is 0 Å². The first kappa shape index (κ1) is 11.9. The SMILES string of the molecule is CC(C#N)(CCCOCC1CC1)NC1CC1. The van der Waals surface area contributed by atoms with Gasteiger partial charge in [-0.25, -0.2) is 0 Å². The second kappa shape index (κ2) is 5.16. The molecule has 1 unspecified atom stereocenters. The Balaban J connectivity index is 1.55. The molecular formula is C13H22N2O. The van der Waals surface area contributed by atoms with Gasteiger partial charge in [-0.15, -0.1) is 0 Å². The average molecular weight is 222 g/mol. The Morgan fingerprint density at radius 3 is 2.69 bits per heavy atom. The summed E-state index contributed by atoms with van der Waals surface area (Å²) >= 11 is 0. The van der Waals surface area contributed by atoms with Crippen LogP contribution in [0.1, 0.15) is 45.4 Å². The summed E-state index contributed by atoms with van der Waals surface area (Å²) in [5, 5.41) is 12.6. The molecule has 2 aliphatic rings. The largest absolute Gasteiger partial charge is 0.381 e. The first-order valence-corrected chi connectivity index (χ1v) is 6.48. The maximum Gasteiger partial charge on any atom is 0.104 e. The van der Waals surface area contributed by atoms with Crippen LogP contribution in [-0.4, -0.2) is 24.8 Å². The zero-order chi connectivity index (χ0) is 11.4. The number of rotatable bonds is 8. The minimum absolute atomic E-state index is 0.343. The molecule has 0 spiro atoms. The van der Waals surface area contributed by atoms with Crippen LogP contribution in [0.15, 0.2) is 0 Å². The molecule has 0 amide bonds. The first-order valence-electron chi connectivity index (χ1n) is 6.48. The van der Waals surface area contributed by atoms with Crippen molar-refractivity contribution in [3.05, 3.63) is 0 Å². The quantitative estimate of drug-likeness (QED) is 0.640. The summed E-state index contributed by atoms with van der Waals surface area (Å²) in [5.41, 5.74) is -0.343. The van der Waals surface area contributed by atoms with Crippen LogP contribution in [-0.2, 0) is 4.74 Å². The molecule has 2 saturated carbocycles. The van der Waals surface area contributed by atoms with E-state index in [9.17, 15) is 0 Å². The summed E-state index contributed by atoms with van der Waals surface area (Å²) in [6.07, 6.45) is 7.03. The summed E-state index contributed by atoms with van der Waals surface area (Å²) in [6, 6.07) is 2.99. The molecule has 0 bridgehead atoms. The van der Waals surface area contributed by atoms with Crippen molar-refractivity contribution in [3.63, 3.8) is 0 Å². The Morgan fingerprint density at radius 1 is 1.38 bits per heavy atom. The lowest BCUT2D eigenvalue weighted by Crippen LogP contribution is -2.42. The van der Waals surface area contributed by atoms with E-state index >= 15 is 0 Å². The molecule has 0 saturated heterocycles. The second-order valence-corrected chi connectivity index (χ2v) is 5.48. The molecule has 0 aromatic rings.